The van der Waals surface area contributed by atoms with Crippen molar-refractivity contribution in [2.24, 2.45) is 11.8 Å². The first-order valence-corrected chi connectivity index (χ1v) is 7.76. The number of hydrogen-bond acceptors (Lipinski definition) is 2. The summed E-state index contributed by atoms with van der Waals surface area (Å²) in [6, 6.07) is 0. The molecule has 19 heavy (non-hydrogen) atoms. The van der Waals surface area contributed by atoms with E-state index in [0.29, 0.717) is 13.1 Å². The van der Waals surface area contributed by atoms with Gasteiger partial charge in [-0.1, -0.05) is 26.2 Å². The van der Waals surface area contributed by atoms with Crippen molar-refractivity contribution in [1.82, 2.24) is 10.2 Å². The number of nitrogens with zero attached hydrogens (tertiary/aromatic N) is 1. The molecular weight excluding hydrogens is 240 g/mol. The van der Waals surface area contributed by atoms with E-state index < -0.39 is 0 Å². The molecule has 0 aromatic heterocycles. The van der Waals surface area contributed by atoms with Crippen molar-refractivity contribution in [3.8, 4) is 0 Å². The molecule has 1 aliphatic carbocycles. The maximum absolute atomic E-state index is 12.4. The van der Waals surface area contributed by atoms with Gasteiger partial charge in [0.15, 0.2) is 0 Å². The molecule has 0 atom stereocenters. The van der Waals surface area contributed by atoms with E-state index in [1.165, 1.54) is 32.1 Å². The van der Waals surface area contributed by atoms with Gasteiger partial charge in [-0.05, 0) is 31.6 Å². The van der Waals surface area contributed by atoms with Crippen LogP contribution in [0.3, 0.4) is 0 Å². The Hall–Kier alpha value is -1.06. The Morgan fingerprint density at radius 1 is 1.32 bits per heavy atom. The van der Waals surface area contributed by atoms with Crippen molar-refractivity contribution in [2.45, 2.75) is 51.9 Å². The van der Waals surface area contributed by atoms with Crippen molar-refractivity contribution in [3.63, 3.8) is 0 Å². The van der Waals surface area contributed by atoms with Crippen LogP contribution in [0, 0.1) is 11.8 Å². The van der Waals surface area contributed by atoms with E-state index in [1.54, 1.807) is 4.90 Å². The second-order valence-corrected chi connectivity index (χ2v) is 5.97. The quantitative estimate of drug-likeness (QED) is 0.845. The molecule has 108 valence electrons. The fraction of sp³-hybridized carbons (Fsp3) is 0.867. The monoisotopic (exact) mass is 266 g/mol. The molecular formula is C15H26N2O2. The molecule has 4 nitrogen and oxygen atoms in total. The van der Waals surface area contributed by atoms with Crippen LogP contribution in [0.25, 0.3) is 0 Å². The molecule has 4 heteroatoms. The summed E-state index contributed by atoms with van der Waals surface area (Å²) in [4.78, 5) is 25.4. The predicted molar refractivity (Wildman–Crippen MR) is 74.6 cm³/mol. The molecule has 0 spiro atoms. The third kappa shape index (κ3) is 3.95. The first-order valence-electron chi connectivity index (χ1n) is 7.76. The smallest absolute Gasteiger partial charge is 0.239 e. The maximum atomic E-state index is 12.4. The van der Waals surface area contributed by atoms with Crippen LogP contribution in [-0.4, -0.2) is 36.3 Å². The average molecular weight is 266 g/mol. The number of carbonyl (C=O) groups excluding carboxylic acids is 2. The number of rotatable bonds is 4. The normalized spacial score (nSPS) is 28.1. The summed E-state index contributed by atoms with van der Waals surface area (Å²) in [7, 11) is 0. The number of nitrogens with one attached hydrogen (secondary N) is 1. The summed E-state index contributed by atoms with van der Waals surface area (Å²) in [6.45, 7) is 3.78. The molecule has 1 aliphatic heterocycles. The third-order valence-electron chi connectivity index (χ3n) is 4.51. The molecule has 0 unspecified atom stereocenters. The van der Waals surface area contributed by atoms with Gasteiger partial charge in [0.05, 0.1) is 6.54 Å². The van der Waals surface area contributed by atoms with Gasteiger partial charge in [0.1, 0.15) is 0 Å². The Morgan fingerprint density at radius 3 is 2.68 bits per heavy atom. The van der Waals surface area contributed by atoms with Crippen molar-refractivity contribution >= 4 is 11.8 Å². The van der Waals surface area contributed by atoms with Gasteiger partial charge in [0.25, 0.3) is 0 Å². The summed E-state index contributed by atoms with van der Waals surface area (Å²) < 4.78 is 0. The topological polar surface area (TPSA) is 49.4 Å². The molecule has 0 aromatic carbocycles. The Kier molecular flexibility index (Phi) is 5.23. The molecule has 1 saturated carbocycles. The number of carbonyl (C=O) groups is 2. The van der Waals surface area contributed by atoms with Gasteiger partial charge in [-0.25, -0.2) is 0 Å². The summed E-state index contributed by atoms with van der Waals surface area (Å²) in [5.74, 6) is 1.19. The predicted octanol–water partition coefficient (Wildman–Crippen LogP) is 1.94. The van der Waals surface area contributed by atoms with Crippen LogP contribution in [0.1, 0.15) is 51.9 Å². The minimum Gasteiger partial charge on any atom is -0.353 e. The number of hydrogen-bond donors (Lipinski definition) is 1. The summed E-state index contributed by atoms with van der Waals surface area (Å²) >= 11 is 0. The van der Waals surface area contributed by atoms with Crippen LogP contribution in [0.2, 0.25) is 0 Å². The van der Waals surface area contributed by atoms with Gasteiger partial charge < -0.3 is 10.2 Å². The van der Waals surface area contributed by atoms with Crippen molar-refractivity contribution < 1.29 is 9.59 Å². The molecule has 2 fully saturated rings. The zero-order valence-corrected chi connectivity index (χ0v) is 12.0. The Labute approximate surface area is 115 Å². The van der Waals surface area contributed by atoms with E-state index >= 15 is 0 Å². The number of piperazine rings is 1. The van der Waals surface area contributed by atoms with E-state index in [0.717, 1.165) is 18.8 Å². The highest BCUT2D eigenvalue weighted by Crippen LogP contribution is 2.32. The highest BCUT2D eigenvalue weighted by atomic mass is 16.2. The maximum Gasteiger partial charge on any atom is 0.239 e. The molecule has 0 aromatic rings. The molecule has 1 saturated heterocycles. The first-order chi connectivity index (χ1) is 9.20. The van der Waals surface area contributed by atoms with Crippen molar-refractivity contribution in [3.05, 3.63) is 0 Å². The molecule has 1 N–H and O–H groups in total. The molecule has 2 amide bonds. The zero-order chi connectivity index (χ0) is 13.7. The third-order valence-corrected chi connectivity index (χ3v) is 4.51. The van der Waals surface area contributed by atoms with Crippen LogP contribution in [0.5, 0.6) is 0 Å². The lowest BCUT2D eigenvalue weighted by Crippen LogP contribution is -2.51. The van der Waals surface area contributed by atoms with Crippen LogP contribution in [-0.2, 0) is 9.59 Å². The molecule has 2 aliphatic rings. The lowest BCUT2D eigenvalue weighted by atomic mass is 9.79. The van der Waals surface area contributed by atoms with Crippen LogP contribution in [0.15, 0.2) is 0 Å². The summed E-state index contributed by atoms with van der Waals surface area (Å²) in [5, 5.41) is 2.77. The van der Waals surface area contributed by atoms with Crippen LogP contribution in [0.4, 0.5) is 0 Å². The minimum absolute atomic E-state index is 0.0174. The second-order valence-electron chi connectivity index (χ2n) is 5.97. The number of amides is 2. The highest BCUT2D eigenvalue weighted by Gasteiger charge is 2.31. The molecule has 0 radical (unpaired) electrons. The van der Waals surface area contributed by atoms with Gasteiger partial charge in [0, 0.05) is 19.0 Å². The van der Waals surface area contributed by atoms with Gasteiger partial charge in [-0.2, -0.15) is 0 Å². The van der Waals surface area contributed by atoms with Crippen molar-refractivity contribution in [1.29, 1.82) is 0 Å². The van der Waals surface area contributed by atoms with Gasteiger partial charge >= 0.3 is 0 Å². The lowest BCUT2D eigenvalue weighted by molar-refractivity contribution is -0.142. The van der Waals surface area contributed by atoms with E-state index in [4.69, 9.17) is 0 Å². The van der Waals surface area contributed by atoms with Gasteiger partial charge in [0.2, 0.25) is 11.8 Å². The first kappa shape index (κ1) is 14.4. The standard InChI is InChI=1S/C15H26N2O2/c1-2-3-4-12-5-7-13(8-6-12)15(19)17-10-9-16-14(18)11-17/h12-13H,2-11H2,1H3,(H,16,18). The largest absolute Gasteiger partial charge is 0.353 e. The Balaban J connectivity index is 1.77. The zero-order valence-electron chi connectivity index (χ0n) is 12.0. The van der Waals surface area contributed by atoms with E-state index in [9.17, 15) is 9.59 Å². The van der Waals surface area contributed by atoms with Crippen LogP contribution < -0.4 is 5.32 Å². The molecule has 0 bridgehead atoms. The SMILES string of the molecule is CCCCC1CCC(C(=O)N2CCNC(=O)C2)CC1. The summed E-state index contributed by atoms with van der Waals surface area (Å²) in [6.07, 6.45) is 8.32. The minimum atomic E-state index is -0.0174. The van der Waals surface area contributed by atoms with Crippen LogP contribution >= 0.6 is 0 Å². The number of unbranched alkanes of at least 4 members (excludes halogenated alkanes) is 1. The average Bonchev–Trinajstić information content (AvgIpc) is 2.45. The Morgan fingerprint density at radius 2 is 2.05 bits per heavy atom. The lowest BCUT2D eigenvalue weighted by Gasteiger charge is -2.33. The summed E-state index contributed by atoms with van der Waals surface area (Å²) in [5.41, 5.74) is 0. The van der Waals surface area contributed by atoms with E-state index in [-0.39, 0.29) is 24.3 Å². The second kappa shape index (κ2) is 6.92. The highest BCUT2D eigenvalue weighted by molar-refractivity contribution is 5.87. The fourth-order valence-corrected chi connectivity index (χ4v) is 3.28. The van der Waals surface area contributed by atoms with E-state index in [2.05, 4.69) is 12.2 Å². The van der Waals surface area contributed by atoms with Gasteiger partial charge in [-0.3, -0.25) is 9.59 Å². The molecule has 1 heterocycles. The van der Waals surface area contributed by atoms with Crippen molar-refractivity contribution in [2.75, 3.05) is 19.6 Å². The Bertz CT molecular complexity index is 322. The van der Waals surface area contributed by atoms with E-state index in [1.807, 2.05) is 0 Å². The fourth-order valence-electron chi connectivity index (χ4n) is 3.28. The molecule has 2 rings (SSSR count). The van der Waals surface area contributed by atoms with Gasteiger partial charge in [-0.15, -0.1) is 0 Å².